The monoisotopic (exact) mass is 203 g/mol. The van der Waals surface area contributed by atoms with E-state index in [-0.39, 0.29) is 0 Å². The van der Waals surface area contributed by atoms with E-state index in [2.05, 4.69) is 13.7 Å². The van der Waals surface area contributed by atoms with Crippen LogP contribution in [-0.2, 0) is 0 Å². The van der Waals surface area contributed by atoms with Crippen LogP contribution in [0.3, 0.4) is 0 Å². The Kier molecular flexibility index (Phi) is 1.85. The molecular weight excluding hydrogens is 202 g/mol. The van der Waals surface area contributed by atoms with Gasteiger partial charge in [0.15, 0.2) is 5.15 Å². The first-order valence-electron chi connectivity index (χ1n) is 2.75. The van der Waals surface area contributed by atoms with E-state index < -0.39 is 0 Å². The summed E-state index contributed by atoms with van der Waals surface area (Å²) in [5.41, 5.74) is 2.48. The van der Waals surface area contributed by atoms with E-state index in [1.807, 2.05) is 0 Å². The number of aromatic nitrogens is 3. The Labute approximate surface area is 76.0 Å². The van der Waals surface area contributed by atoms with E-state index >= 15 is 0 Å². The number of hydrogen-bond acceptors (Lipinski definition) is 5. The summed E-state index contributed by atoms with van der Waals surface area (Å²) in [6.45, 7) is 0. The lowest BCUT2D eigenvalue weighted by molar-refractivity contribution is 1.41. The quantitative estimate of drug-likeness (QED) is 0.714. The van der Waals surface area contributed by atoms with Crippen molar-refractivity contribution < 1.29 is 0 Å². The molecule has 0 aliphatic carbocycles. The molecule has 0 bridgehead atoms. The molecule has 56 valence electrons. The second kappa shape index (κ2) is 2.84. The zero-order chi connectivity index (χ0) is 7.68. The molecule has 6 heteroatoms. The van der Waals surface area contributed by atoms with Gasteiger partial charge >= 0.3 is 0 Å². The lowest BCUT2D eigenvalue weighted by Crippen LogP contribution is -1.70. The maximum Gasteiger partial charge on any atom is 0.171 e. The molecule has 0 N–H and O–H groups in total. The van der Waals surface area contributed by atoms with Gasteiger partial charge in [0.1, 0.15) is 5.69 Å². The number of halogens is 1. The maximum atomic E-state index is 5.75. The molecule has 2 rings (SSSR count). The van der Waals surface area contributed by atoms with Crippen molar-refractivity contribution in [2.45, 2.75) is 0 Å². The van der Waals surface area contributed by atoms with Crippen LogP contribution in [0.4, 0.5) is 0 Å². The fourth-order valence-corrected chi connectivity index (χ4v) is 2.13. The topological polar surface area (TPSA) is 38.7 Å². The lowest BCUT2D eigenvalue weighted by Gasteiger charge is -1.84. The van der Waals surface area contributed by atoms with Crippen molar-refractivity contribution in [2.24, 2.45) is 0 Å². The summed E-state index contributed by atoms with van der Waals surface area (Å²) < 4.78 is 7.87. The van der Waals surface area contributed by atoms with Gasteiger partial charge in [0, 0.05) is 6.20 Å². The minimum absolute atomic E-state index is 0.458. The molecule has 11 heavy (non-hydrogen) atoms. The minimum Gasteiger partial charge on any atom is -0.252 e. The Morgan fingerprint density at radius 1 is 1.36 bits per heavy atom. The standard InChI is InChI=1S/C5H2ClN3S2/c6-5-4(8-11-9-5)3-1-7-2-10-3/h1-2H. The second-order valence-electron chi connectivity index (χ2n) is 1.77. The van der Waals surface area contributed by atoms with Gasteiger partial charge in [-0.3, -0.25) is 4.98 Å². The molecule has 0 atom stereocenters. The van der Waals surface area contributed by atoms with Crippen LogP contribution in [0.1, 0.15) is 0 Å². The molecular formula is C5H2ClN3S2. The lowest BCUT2D eigenvalue weighted by atomic mass is 10.4. The van der Waals surface area contributed by atoms with E-state index in [1.165, 1.54) is 11.3 Å². The van der Waals surface area contributed by atoms with Crippen LogP contribution in [0.15, 0.2) is 11.7 Å². The summed E-state index contributed by atoms with van der Waals surface area (Å²) >= 11 is 8.36. The third kappa shape index (κ3) is 1.26. The van der Waals surface area contributed by atoms with Gasteiger partial charge in [-0.15, -0.1) is 11.3 Å². The van der Waals surface area contributed by atoms with Crippen molar-refractivity contribution in [3.05, 3.63) is 16.9 Å². The van der Waals surface area contributed by atoms with Gasteiger partial charge in [0.05, 0.1) is 22.1 Å². The van der Waals surface area contributed by atoms with Gasteiger partial charge in [-0.25, -0.2) is 0 Å². The van der Waals surface area contributed by atoms with Crippen LogP contribution < -0.4 is 0 Å². The van der Waals surface area contributed by atoms with Crippen molar-refractivity contribution in [1.29, 1.82) is 0 Å². The molecule has 0 saturated heterocycles. The summed E-state index contributed by atoms with van der Waals surface area (Å²) in [6.07, 6.45) is 1.73. The van der Waals surface area contributed by atoms with E-state index in [0.29, 0.717) is 5.15 Å². The molecule has 2 heterocycles. The number of nitrogens with zero attached hydrogens (tertiary/aromatic N) is 3. The van der Waals surface area contributed by atoms with Gasteiger partial charge < -0.3 is 0 Å². The molecule has 0 spiro atoms. The molecule has 0 unspecified atom stereocenters. The van der Waals surface area contributed by atoms with Crippen LogP contribution in [0.25, 0.3) is 10.6 Å². The second-order valence-corrected chi connectivity index (χ2v) is 3.54. The van der Waals surface area contributed by atoms with E-state index in [0.717, 1.165) is 22.3 Å². The van der Waals surface area contributed by atoms with Gasteiger partial charge in [0.25, 0.3) is 0 Å². The molecule has 0 aromatic carbocycles. The summed E-state index contributed by atoms with van der Waals surface area (Å²) in [5.74, 6) is 0. The Morgan fingerprint density at radius 2 is 2.27 bits per heavy atom. The molecule has 0 fully saturated rings. The maximum absolute atomic E-state index is 5.75. The molecule has 0 radical (unpaired) electrons. The first kappa shape index (κ1) is 7.15. The Hall–Kier alpha value is -0.520. The molecule has 2 aromatic heterocycles. The Bertz CT molecular complexity index is 342. The third-order valence-electron chi connectivity index (χ3n) is 1.11. The van der Waals surface area contributed by atoms with Crippen LogP contribution >= 0.6 is 34.7 Å². The molecule has 3 nitrogen and oxygen atoms in total. The highest BCUT2D eigenvalue weighted by Crippen LogP contribution is 2.27. The van der Waals surface area contributed by atoms with E-state index in [9.17, 15) is 0 Å². The van der Waals surface area contributed by atoms with Crippen LogP contribution in [0.2, 0.25) is 5.15 Å². The minimum atomic E-state index is 0.458. The third-order valence-corrected chi connectivity index (χ3v) is 2.79. The van der Waals surface area contributed by atoms with Crippen LogP contribution in [0.5, 0.6) is 0 Å². The SMILES string of the molecule is Clc1nsnc1-c1cncs1. The van der Waals surface area contributed by atoms with Gasteiger partial charge in [0.2, 0.25) is 0 Å². The van der Waals surface area contributed by atoms with Gasteiger partial charge in [-0.1, -0.05) is 11.6 Å². The van der Waals surface area contributed by atoms with Crippen molar-refractivity contribution in [3.8, 4) is 10.6 Å². The van der Waals surface area contributed by atoms with Gasteiger partial charge in [-0.2, -0.15) is 8.75 Å². The predicted molar refractivity (Wildman–Crippen MR) is 46.0 cm³/mol. The highest BCUT2D eigenvalue weighted by atomic mass is 35.5. The Morgan fingerprint density at radius 3 is 2.82 bits per heavy atom. The Balaban J connectivity index is 2.53. The zero-order valence-electron chi connectivity index (χ0n) is 5.19. The average Bonchev–Trinajstić information content (AvgIpc) is 2.55. The summed E-state index contributed by atoms with van der Waals surface area (Å²) in [4.78, 5) is 4.88. The van der Waals surface area contributed by atoms with E-state index in [1.54, 1.807) is 11.7 Å². The first-order chi connectivity index (χ1) is 5.38. The largest absolute Gasteiger partial charge is 0.252 e. The number of hydrogen-bond donors (Lipinski definition) is 0. The summed E-state index contributed by atoms with van der Waals surface area (Å²) in [7, 11) is 0. The summed E-state index contributed by atoms with van der Waals surface area (Å²) in [6, 6.07) is 0. The van der Waals surface area contributed by atoms with Crippen LogP contribution in [0, 0.1) is 0 Å². The highest BCUT2D eigenvalue weighted by molar-refractivity contribution is 7.13. The molecule has 0 amide bonds. The molecule has 0 aliphatic rings. The van der Waals surface area contributed by atoms with E-state index in [4.69, 9.17) is 11.6 Å². The van der Waals surface area contributed by atoms with Crippen LogP contribution in [-0.4, -0.2) is 13.7 Å². The zero-order valence-corrected chi connectivity index (χ0v) is 7.58. The predicted octanol–water partition coefficient (Wildman–Crippen LogP) is 2.32. The van der Waals surface area contributed by atoms with Crippen molar-refractivity contribution in [3.63, 3.8) is 0 Å². The molecule has 0 aliphatic heterocycles. The first-order valence-corrected chi connectivity index (χ1v) is 4.73. The summed E-state index contributed by atoms with van der Waals surface area (Å²) in [5, 5.41) is 0.458. The van der Waals surface area contributed by atoms with Crippen molar-refractivity contribution in [2.75, 3.05) is 0 Å². The van der Waals surface area contributed by atoms with Gasteiger partial charge in [-0.05, 0) is 0 Å². The number of rotatable bonds is 1. The van der Waals surface area contributed by atoms with Crippen molar-refractivity contribution >= 4 is 34.7 Å². The average molecular weight is 204 g/mol. The number of thiazole rings is 1. The molecule has 2 aromatic rings. The highest BCUT2D eigenvalue weighted by Gasteiger charge is 2.08. The normalized spacial score (nSPS) is 10.3. The fraction of sp³-hybridized carbons (Fsp3) is 0. The fourth-order valence-electron chi connectivity index (χ4n) is 0.657. The molecule has 0 saturated carbocycles. The van der Waals surface area contributed by atoms with Crippen molar-refractivity contribution in [1.82, 2.24) is 13.7 Å². The smallest absolute Gasteiger partial charge is 0.171 e.